The van der Waals surface area contributed by atoms with E-state index in [1.54, 1.807) is 6.92 Å². The number of aryl methyl sites for hydroxylation is 2. The largest absolute Gasteiger partial charge is 0.494 e. The maximum absolute atomic E-state index is 11.9. The monoisotopic (exact) mass is 345 g/mol. The molecule has 0 radical (unpaired) electrons. The van der Waals surface area contributed by atoms with Gasteiger partial charge in [-0.2, -0.15) is 0 Å². The number of carbonyl (C=O) groups is 2. The molecule has 25 heavy (non-hydrogen) atoms. The average molecular weight is 345 g/mol. The van der Waals surface area contributed by atoms with Gasteiger partial charge in [-0.25, -0.2) is 4.79 Å². The minimum absolute atomic E-state index is 0.114. The van der Waals surface area contributed by atoms with Crippen molar-refractivity contribution in [2.45, 2.75) is 39.7 Å². The van der Waals surface area contributed by atoms with Crippen molar-refractivity contribution in [1.82, 2.24) is 5.32 Å². The first-order valence-corrected chi connectivity index (χ1v) is 8.30. The van der Waals surface area contributed by atoms with Crippen LogP contribution in [0.5, 0.6) is 5.75 Å². The molecule has 1 amide bonds. The van der Waals surface area contributed by atoms with Crippen molar-refractivity contribution < 1.29 is 23.8 Å². The Morgan fingerprint density at radius 2 is 1.96 bits per heavy atom. The quantitative estimate of drug-likeness (QED) is 0.728. The molecule has 0 aliphatic heterocycles. The van der Waals surface area contributed by atoms with Gasteiger partial charge in [0.25, 0.3) is 0 Å². The molecule has 0 atom stereocenters. The molecule has 0 bridgehead atoms. The first kappa shape index (κ1) is 18.6. The summed E-state index contributed by atoms with van der Waals surface area (Å²) in [6.45, 7) is 4.51. The standard InChI is InChI=1S/C19H23NO5/c1-3-10-24-15-7-4-14(5-8-15)6-9-18(21)20-12-16-11-17(19(22)23)13(2)25-16/h4-5,7-8,11H,3,6,9-10,12H2,1-2H3,(H,20,21)(H,22,23). The fourth-order valence-corrected chi connectivity index (χ4v) is 2.35. The number of aromatic carboxylic acids is 1. The summed E-state index contributed by atoms with van der Waals surface area (Å²) in [6, 6.07) is 9.15. The van der Waals surface area contributed by atoms with E-state index >= 15 is 0 Å². The highest BCUT2D eigenvalue weighted by molar-refractivity contribution is 5.88. The lowest BCUT2D eigenvalue weighted by Gasteiger charge is -2.06. The maximum Gasteiger partial charge on any atom is 0.339 e. The molecule has 2 aromatic rings. The summed E-state index contributed by atoms with van der Waals surface area (Å²) in [6.07, 6.45) is 1.93. The van der Waals surface area contributed by atoms with E-state index in [0.717, 1.165) is 17.7 Å². The lowest BCUT2D eigenvalue weighted by atomic mass is 10.1. The van der Waals surface area contributed by atoms with Crippen LogP contribution in [-0.4, -0.2) is 23.6 Å². The van der Waals surface area contributed by atoms with Gasteiger partial charge in [0.15, 0.2) is 0 Å². The topological polar surface area (TPSA) is 88.8 Å². The second kappa shape index (κ2) is 8.92. The number of carboxylic acid groups (broad SMARTS) is 1. The Hall–Kier alpha value is -2.76. The number of hydrogen-bond acceptors (Lipinski definition) is 4. The van der Waals surface area contributed by atoms with E-state index in [1.807, 2.05) is 24.3 Å². The number of rotatable bonds is 9. The van der Waals surface area contributed by atoms with Crippen LogP contribution < -0.4 is 10.1 Å². The molecule has 0 spiro atoms. The van der Waals surface area contributed by atoms with Crippen molar-refractivity contribution in [3.63, 3.8) is 0 Å². The van der Waals surface area contributed by atoms with Crippen LogP contribution in [-0.2, 0) is 17.8 Å². The molecule has 0 aliphatic carbocycles. The zero-order valence-corrected chi connectivity index (χ0v) is 14.5. The van der Waals surface area contributed by atoms with Crippen LogP contribution in [0.15, 0.2) is 34.7 Å². The van der Waals surface area contributed by atoms with E-state index in [-0.39, 0.29) is 18.0 Å². The molecule has 134 valence electrons. The molecule has 2 N–H and O–H groups in total. The van der Waals surface area contributed by atoms with Gasteiger partial charge >= 0.3 is 5.97 Å². The first-order chi connectivity index (χ1) is 12.0. The van der Waals surface area contributed by atoms with Crippen molar-refractivity contribution in [3.8, 4) is 5.75 Å². The molecular weight excluding hydrogens is 322 g/mol. The first-order valence-electron chi connectivity index (χ1n) is 8.30. The predicted molar refractivity (Wildman–Crippen MR) is 92.8 cm³/mol. The Balaban J connectivity index is 1.77. The number of amides is 1. The number of ether oxygens (including phenoxy) is 1. The molecule has 0 fully saturated rings. The summed E-state index contributed by atoms with van der Waals surface area (Å²) in [5.74, 6) is 0.447. The Kier molecular flexibility index (Phi) is 6.62. The molecule has 1 aromatic heterocycles. The van der Waals surface area contributed by atoms with Crippen LogP contribution in [0.2, 0.25) is 0 Å². The third kappa shape index (κ3) is 5.67. The molecule has 1 heterocycles. The summed E-state index contributed by atoms with van der Waals surface area (Å²) in [5, 5.41) is 11.7. The van der Waals surface area contributed by atoms with E-state index < -0.39 is 5.97 Å². The minimum Gasteiger partial charge on any atom is -0.494 e. The molecule has 0 saturated carbocycles. The smallest absolute Gasteiger partial charge is 0.339 e. The van der Waals surface area contributed by atoms with Gasteiger partial charge in [0.1, 0.15) is 22.8 Å². The van der Waals surface area contributed by atoms with Crippen LogP contribution >= 0.6 is 0 Å². The lowest BCUT2D eigenvalue weighted by Crippen LogP contribution is -2.22. The van der Waals surface area contributed by atoms with E-state index in [4.69, 9.17) is 14.3 Å². The Morgan fingerprint density at radius 3 is 2.56 bits per heavy atom. The summed E-state index contributed by atoms with van der Waals surface area (Å²) >= 11 is 0. The van der Waals surface area contributed by atoms with Crippen molar-refractivity contribution in [2.75, 3.05) is 6.61 Å². The number of benzene rings is 1. The van der Waals surface area contributed by atoms with Crippen LogP contribution in [0.4, 0.5) is 0 Å². The fourth-order valence-electron chi connectivity index (χ4n) is 2.35. The van der Waals surface area contributed by atoms with E-state index in [1.165, 1.54) is 6.07 Å². The summed E-state index contributed by atoms with van der Waals surface area (Å²) < 4.78 is 10.8. The molecule has 1 aromatic carbocycles. The minimum atomic E-state index is -1.04. The molecular formula is C19H23NO5. The highest BCUT2D eigenvalue weighted by Crippen LogP contribution is 2.15. The zero-order chi connectivity index (χ0) is 18.2. The number of carbonyl (C=O) groups excluding carboxylic acids is 1. The second-order valence-electron chi connectivity index (χ2n) is 5.76. The van der Waals surface area contributed by atoms with Gasteiger partial charge in [-0.05, 0) is 43.5 Å². The summed E-state index contributed by atoms with van der Waals surface area (Å²) in [4.78, 5) is 22.9. The Labute approximate surface area is 146 Å². The summed E-state index contributed by atoms with van der Waals surface area (Å²) in [7, 11) is 0. The van der Waals surface area contributed by atoms with Gasteiger partial charge in [-0.3, -0.25) is 4.79 Å². The van der Waals surface area contributed by atoms with E-state index in [0.29, 0.717) is 31.0 Å². The Morgan fingerprint density at radius 1 is 1.24 bits per heavy atom. The van der Waals surface area contributed by atoms with Crippen molar-refractivity contribution in [1.29, 1.82) is 0 Å². The lowest BCUT2D eigenvalue weighted by molar-refractivity contribution is -0.121. The average Bonchev–Trinajstić information content (AvgIpc) is 2.98. The molecule has 0 unspecified atom stereocenters. The van der Waals surface area contributed by atoms with Gasteiger partial charge in [0, 0.05) is 6.42 Å². The van der Waals surface area contributed by atoms with Crippen LogP contribution in [0.3, 0.4) is 0 Å². The van der Waals surface area contributed by atoms with Gasteiger partial charge in [-0.15, -0.1) is 0 Å². The van der Waals surface area contributed by atoms with E-state index in [2.05, 4.69) is 12.2 Å². The van der Waals surface area contributed by atoms with Crippen LogP contribution in [0.1, 0.15) is 47.2 Å². The maximum atomic E-state index is 11.9. The third-order valence-corrected chi connectivity index (χ3v) is 3.70. The number of hydrogen-bond donors (Lipinski definition) is 2. The highest BCUT2D eigenvalue weighted by atomic mass is 16.5. The number of furan rings is 1. The molecule has 0 saturated heterocycles. The molecule has 6 heteroatoms. The van der Waals surface area contributed by atoms with Gasteiger partial charge in [0.2, 0.25) is 5.91 Å². The highest BCUT2D eigenvalue weighted by Gasteiger charge is 2.14. The number of carboxylic acids is 1. The molecule has 6 nitrogen and oxygen atoms in total. The van der Waals surface area contributed by atoms with E-state index in [9.17, 15) is 9.59 Å². The van der Waals surface area contributed by atoms with Crippen molar-refractivity contribution in [3.05, 3.63) is 53.0 Å². The third-order valence-electron chi connectivity index (χ3n) is 3.70. The molecule has 0 aliphatic rings. The van der Waals surface area contributed by atoms with Gasteiger partial charge in [-0.1, -0.05) is 19.1 Å². The normalized spacial score (nSPS) is 10.5. The van der Waals surface area contributed by atoms with Crippen LogP contribution in [0, 0.1) is 6.92 Å². The second-order valence-corrected chi connectivity index (χ2v) is 5.76. The SMILES string of the molecule is CCCOc1ccc(CCC(=O)NCc2cc(C(=O)O)c(C)o2)cc1. The zero-order valence-electron chi connectivity index (χ0n) is 14.5. The molecule has 2 rings (SSSR count). The Bertz CT molecular complexity index is 718. The van der Waals surface area contributed by atoms with Gasteiger partial charge in [0.05, 0.1) is 13.2 Å². The van der Waals surface area contributed by atoms with Crippen molar-refractivity contribution >= 4 is 11.9 Å². The number of nitrogens with one attached hydrogen (secondary N) is 1. The van der Waals surface area contributed by atoms with Crippen LogP contribution in [0.25, 0.3) is 0 Å². The summed E-state index contributed by atoms with van der Waals surface area (Å²) in [5.41, 5.74) is 1.18. The fraction of sp³-hybridized carbons (Fsp3) is 0.368. The predicted octanol–water partition coefficient (Wildman–Crippen LogP) is 3.32. The van der Waals surface area contributed by atoms with Crippen molar-refractivity contribution in [2.24, 2.45) is 0 Å². The van der Waals surface area contributed by atoms with Gasteiger partial charge < -0.3 is 19.6 Å².